The van der Waals surface area contributed by atoms with Gasteiger partial charge in [-0.15, -0.1) is 5.10 Å². The molecule has 0 amide bonds. The lowest BCUT2D eigenvalue weighted by Crippen LogP contribution is -2.30. The van der Waals surface area contributed by atoms with E-state index in [1.807, 2.05) is 35.0 Å². The molecule has 0 bridgehead atoms. The molecule has 2 unspecified atom stereocenters. The normalized spacial score (nSPS) is 19.8. The van der Waals surface area contributed by atoms with Crippen LogP contribution in [0.25, 0.3) is 5.69 Å². The summed E-state index contributed by atoms with van der Waals surface area (Å²) in [5, 5.41) is 8.21. The third-order valence-corrected chi connectivity index (χ3v) is 3.94. The number of benzene rings is 1. The lowest BCUT2D eigenvalue weighted by atomic mass is 10.0. The van der Waals surface area contributed by atoms with Gasteiger partial charge < -0.3 is 4.74 Å². The summed E-state index contributed by atoms with van der Waals surface area (Å²) >= 11 is 0. The third kappa shape index (κ3) is 3.29. The molecule has 21 heavy (non-hydrogen) atoms. The minimum absolute atomic E-state index is 0.0180. The molecule has 112 valence electrons. The van der Waals surface area contributed by atoms with Gasteiger partial charge in [0.2, 0.25) is 0 Å². The Labute approximate surface area is 124 Å². The lowest BCUT2D eigenvalue weighted by Gasteiger charge is -2.18. The highest BCUT2D eigenvalue weighted by Gasteiger charge is 2.21. The maximum Gasteiger partial charge on any atom is 0.0828 e. The Morgan fingerprint density at radius 2 is 2.24 bits per heavy atom. The predicted octanol–water partition coefficient (Wildman–Crippen LogP) is 1.73. The summed E-state index contributed by atoms with van der Waals surface area (Å²) in [6.07, 6.45) is 6.34. The highest BCUT2D eigenvalue weighted by atomic mass is 16.5. The predicted molar refractivity (Wildman–Crippen MR) is 79.6 cm³/mol. The molecule has 0 spiro atoms. The van der Waals surface area contributed by atoms with Crippen LogP contribution in [-0.4, -0.2) is 27.7 Å². The number of para-hydroxylation sites is 1. The first-order chi connectivity index (χ1) is 10.4. The van der Waals surface area contributed by atoms with Crippen molar-refractivity contribution in [3.8, 4) is 5.69 Å². The Hall–Kier alpha value is -1.76. The van der Waals surface area contributed by atoms with Crippen molar-refractivity contribution in [3.05, 3.63) is 42.2 Å². The van der Waals surface area contributed by atoms with Gasteiger partial charge in [0.05, 0.1) is 29.7 Å². The van der Waals surface area contributed by atoms with E-state index in [0.717, 1.165) is 43.7 Å². The van der Waals surface area contributed by atoms with Crippen LogP contribution < -0.4 is 11.3 Å². The van der Waals surface area contributed by atoms with E-state index >= 15 is 0 Å². The molecule has 0 aliphatic carbocycles. The number of nitrogens with zero attached hydrogens (tertiary/aromatic N) is 3. The summed E-state index contributed by atoms with van der Waals surface area (Å²) in [6.45, 7) is 0.884. The third-order valence-electron chi connectivity index (χ3n) is 3.94. The van der Waals surface area contributed by atoms with E-state index in [0.29, 0.717) is 6.10 Å². The van der Waals surface area contributed by atoms with Gasteiger partial charge in [-0.1, -0.05) is 23.4 Å². The smallest absolute Gasteiger partial charge is 0.0828 e. The average Bonchev–Trinajstić information content (AvgIpc) is 3.20. The fourth-order valence-corrected chi connectivity index (χ4v) is 2.79. The van der Waals surface area contributed by atoms with Crippen LogP contribution >= 0.6 is 0 Å². The fourth-order valence-electron chi connectivity index (χ4n) is 2.79. The van der Waals surface area contributed by atoms with E-state index in [-0.39, 0.29) is 6.04 Å². The van der Waals surface area contributed by atoms with Crippen LogP contribution in [0.4, 0.5) is 0 Å². The lowest BCUT2D eigenvalue weighted by molar-refractivity contribution is 0.0994. The van der Waals surface area contributed by atoms with E-state index in [9.17, 15) is 0 Å². The maximum absolute atomic E-state index is 5.74. The zero-order valence-electron chi connectivity index (χ0n) is 12.0. The SMILES string of the molecule is NNC(CCC1CCCO1)c1cnnn1-c1ccccc1. The first-order valence-electron chi connectivity index (χ1n) is 7.42. The van der Waals surface area contributed by atoms with Gasteiger partial charge in [-0.05, 0) is 37.8 Å². The van der Waals surface area contributed by atoms with Crippen molar-refractivity contribution < 1.29 is 4.74 Å². The van der Waals surface area contributed by atoms with Crippen molar-refractivity contribution in [2.24, 2.45) is 5.84 Å². The van der Waals surface area contributed by atoms with Crippen molar-refractivity contribution in [3.63, 3.8) is 0 Å². The number of hydrogen-bond acceptors (Lipinski definition) is 5. The molecule has 2 atom stereocenters. The van der Waals surface area contributed by atoms with Crippen molar-refractivity contribution >= 4 is 0 Å². The Bertz CT molecular complexity index is 550. The summed E-state index contributed by atoms with van der Waals surface area (Å²) in [5.74, 6) is 5.74. The molecule has 2 heterocycles. The Kier molecular flexibility index (Phi) is 4.59. The second kappa shape index (κ2) is 6.80. The monoisotopic (exact) mass is 287 g/mol. The van der Waals surface area contributed by atoms with Crippen molar-refractivity contribution in [2.75, 3.05) is 6.61 Å². The van der Waals surface area contributed by atoms with Gasteiger partial charge in [0.15, 0.2) is 0 Å². The second-order valence-electron chi connectivity index (χ2n) is 5.34. The Balaban J connectivity index is 1.73. The van der Waals surface area contributed by atoms with Gasteiger partial charge in [0, 0.05) is 6.61 Å². The molecular weight excluding hydrogens is 266 g/mol. The van der Waals surface area contributed by atoms with Crippen LogP contribution in [-0.2, 0) is 4.74 Å². The molecule has 1 aliphatic rings. The first kappa shape index (κ1) is 14.2. The van der Waals surface area contributed by atoms with Crippen molar-refractivity contribution in [1.29, 1.82) is 0 Å². The number of rotatable bonds is 6. The van der Waals surface area contributed by atoms with Gasteiger partial charge in [-0.25, -0.2) is 4.68 Å². The topological polar surface area (TPSA) is 78.0 Å². The van der Waals surface area contributed by atoms with Crippen LogP contribution in [0, 0.1) is 0 Å². The van der Waals surface area contributed by atoms with Crippen LogP contribution in [0.15, 0.2) is 36.5 Å². The van der Waals surface area contributed by atoms with Crippen LogP contribution in [0.3, 0.4) is 0 Å². The molecule has 1 fully saturated rings. The molecule has 0 radical (unpaired) electrons. The number of aromatic nitrogens is 3. The number of hydrazine groups is 1. The minimum Gasteiger partial charge on any atom is -0.378 e. The molecule has 1 aliphatic heterocycles. The Morgan fingerprint density at radius 3 is 2.95 bits per heavy atom. The minimum atomic E-state index is 0.0180. The van der Waals surface area contributed by atoms with E-state index in [1.165, 1.54) is 0 Å². The molecule has 3 rings (SSSR count). The molecule has 6 nitrogen and oxygen atoms in total. The van der Waals surface area contributed by atoms with Crippen LogP contribution in [0.1, 0.15) is 37.4 Å². The van der Waals surface area contributed by atoms with Crippen molar-refractivity contribution in [2.45, 2.75) is 37.8 Å². The zero-order valence-corrected chi connectivity index (χ0v) is 12.0. The first-order valence-corrected chi connectivity index (χ1v) is 7.42. The zero-order chi connectivity index (χ0) is 14.5. The highest BCUT2D eigenvalue weighted by molar-refractivity contribution is 5.32. The molecule has 1 saturated heterocycles. The standard InChI is InChI=1S/C15H21N5O/c16-18-14(9-8-13-7-4-10-21-13)15-11-17-19-20(15)12-5-2-1-3-6-12/h1-3,5-6,11,13-14,18H,4,7-10,16H2. The molecule has 0 saturated carbocycles. The summed E-state index contributed by atoms with van der Waals surface area (Å²) in [6, 6.07) is 9.98. The second-order valence-corrected chi connectivity index (χ2v) is 5.34. The number of ether oxygens (including phenoxy) is 1. The quantitative estimate of drug-likeness (QED) is 0.625. The molecular formula is C15H21N5O. The molecule has 1 aromatic heterocycles. The maximum atomic E-state index is 5.74. The fraction of sp³-hybridized carbons (Fsp3) is 0.467. The number of hydrogen-bond donors (Lipinski definition) is 2. The largest absolute Gasteiger partial charge is 0.378 e. The Morgan fingerprint density at radius 1 is 1.38 bits per heavy atom. The summed E-state index contributed by atoms with van der Waals surface area (Å²) in [4.78, 5) is 0. The van der Waals surface area contributed by atoms with Crippen LogP contribution in [0.2, 0.25) is 0 Å². The average molecular weight is 287 g/mol. The van der Waals surface area contributed by atoms with E-state index in [4.69, 9.17) is 10.6 Å². The number of nitrogens with two attached hydrogens (primary N) is 1. The summed E-state index contributed by atoms with van der Waals surface area (Å²) in [7, 11) is 0. The van der Waals surface area contributed by atoms with Gasteiger partial charge in [-0.3, -0.25) is 11.3 Å². The molecule has 3 N–H and O–H groups in total. The van der Waals surface area contributed by atoms with Gasteiger partial charge >= 0.3 is 0 Å². The summed E-state index contributed by atoms with van der Waals surface area (Å²) < 4.78 is 7.51. The van der Waals surface area contributed by atoms with E-state index < -0.39 is 0 Å². The van der Waals surface area contributed by atoms with E-state index in [2.05, 4.69) is 15.7 Å². The van der Waals surface area contributed by atoms with Gasteiger partial charge in [0.25, 0.3) is 0 Å². The molecule has 1 aromatic carbocycles. The highest BCUT2D eigenvalue weighted by Crippen LogP contribution is 2.24. The molecule has 6 heteroatoms. The summed E-state index contributed by atoms with van der Waals surface area (Å²) in [5.41, 5.74) is 4.84. The van der Waals surface area contributed by atoms with Gasteiger partial charge in [-0.2, -0.15) is 0 Å². The van der Waals surface area contributed by atoms with Gasteiger partial charge in [0.1, 0.15) is 0 Å². The van der Waals surface area contributed by atoms with Crippen molar-refractivity contribution in [1.82, 2.24) is 20.4 Å². The van der Waals surface area contributed by atoms with Crippen LogP contribution in [0.5, 0.6) is 0 Å². The molecule has 2 aromatic rings. The number of nitrogens with one attached hydrogen (secondary N) is 1. The van der Waals surface area contributed by atoms with E-state index in [1.54, 1.807) is 6.20 Å².